The van der Waals surface area contributed by atoms with Crippen LogP contribution in [0.1, 0.15) is 11.8 Å². The molecule has 2 rings (SSSR count). The van der Waals surface area contributed by atoms with Crippen molar-refractivity contribution < 1.29 is 14.3 Å². The summed E-state index contributed by atoms with van der Waals surface area (Å²) in [7, 11) is 0. The molecular formula is C17H21N3O3S. The highest BCUT2D eigenvalue weighted by Crippen LogP contribution is 2.23. The van der Waals surface area contributed by atoms with Crippen LogP contribution in [0.3, 0.4) is 0 Å². The van der Waals surface area contributed by atoms with E-state index in [4.69, 9.17) is 4.74 Å². The number of hydrogen-bond donors (Lipinski definition) is 3. The number of carbonyl (C=O) groups is 2. The van der Waals surface area contributed by atoms with Crippen molar-refractivity contribution in [1.29, 1.82) is 0 Å². The molecule has 128 valence electrons. The number of para-hydroxylation sites is 2. The van der Waals surface area contributed by atoms with Crippen molar-refractivity contribution in [3.63, 3.8) is 0 Å². The third-order valence-corrected chi connectivity index (χ3v) is 4.05. The predicted molar refractivity (Wildman–Crippen MR) is 95.7 cm³/mol. The molecule has 0 unspecified atom stereocenters. The van der Waals surface area contributed by atoms with Gasteiger partial charge in [0.25, 0.3) is 0 Å². The third kappa shape index (κ3) is 5.92. The highest BCUT2D eigenvalue weighted by molar-refractivity contribution is 7.09. The van der Waals surface area contributed by atoms with Gasteiger partial charge >= 0.3 is 6.03 Å². The second-order valence-electron chi connectivity index (χ2n) is 4.92. The second kappa shape index (κ2) is 9.57. The second-order valence-corrected chi connectivity index (χ2v) is 5.95. The van der Waals surface area contributed by atoms with Gasteiger partial charge in [-0.05, 0) is 36.9 Å². The van der Waals surface area contributed by atoms with Crippen molar-refractivity contribution in [2.24, 2.45) is 0 Å². The van der Waals surface area contributed by atoms with Crippen LogP contribution in [0.2, 0.25) is 0 Å². The molecule has 0 bridgehead atoms. The van der Waals surface area contributed by atoms with Crippen LogP contribution in [0.25, 0.3) is 0 Å². The van der Waals surface area contributed by atoms with Crippen molar-refractivity contribution in [3.05, 3.63) is 46.7 Å². The van der Waals surface area contributed by atoms with Gasteiger partial charge in [-0.2, -0.15) is 0 Å². The zero-order chi connectivity index (χ0) is 17.2. The number of amides is 3. The Morgan fingerprint density at radius 2 is 2.00 bits per heavy atom. The molecule has 0 aliphatic rings. The standard InChI is InChI=1S/C17H21N3O3S/c1-2-23-15-8-4-3-7-14(15)19-12-16(21)20-17(22)18-10-9-13-6-5-11-24-13/h3-8,11,19H,2,9-10,12H2,1H3,(H2,18,20,21,22). The molecule has 0 atom stereocenters. The Morgan fingerprint density at radius 1 is 1.17 bits per heavy atom. The van der Waals surface area contributed by atoms with Crippen molar-refractivity contribution in [3.8, 4) is 5.75 Å². The summed E-state index contributed by atoms with van der Waals surface area (Å²) in [6, 6.07) is 10.8. The Hall–Kier alpha value is -2.54. The number of urea groups is 1. The molecule has 1 heterocycles. The molecule has 7 heteroatoms. The molecule has 0 saturated heterocycles. The van der Waals surface area contributed by atoms with Gasteiger partial charge in [-0.25, -0.2) is 4.79 Å². The van der Waals surface area contributed by atoms with E-state index < -0.39 is 11.9 Å². The van der Waals surface area contributed by atoms with E-state index in [0.29, 0.717) is 24.6 Å². The Bertz CT molecular complexity index is 659. The lowest BCUT2D eigenvalue weighted by Crippen LogP contribution is -2.42. The van der Waals surface area contributed by atoms with E-state index >= 15 is 0 Å². The molecule has 3 amide bonds. The Kier molecular flexibility index (Phi) is 7.10. The minimum atomic E-state index is -0.489. The van der Waals surface area contributed by atoms with E-state index in [1.165, 1.54) is 4.88 Å². The lowest BCUT2D eigenvalue weighted by molar-refractivity contribution is -0.118. The van der Waals surface area contributed by atoms with Gasteiger partial charge < -0.3 is 15.4 Å². The average Bonchev–Trinajstić information content (AvgIpc) is 3.08. The number of thiophene rings is 1. The largest absolute Gasteiger partial charge is 0.492 e. The molecule has 6 nitrogen and oxygen atoms in total. The van der Waals surface area contributed by atoms with E-state index in [-0.39, 0.29) is 6.54 Å². The highest BCUT2D eigenvalue weighted by atomic mass is 32.1. The normalized spacial score (nSPS) is 10.0. The zero-order valence-corrected chi connectivity index (χ0v) is 14.3. The number of benzene rings is 1. The molecule has 1 aromatic carbocycles. The summed E-state index contributed by atoms with van der Waals surface area (Å²) in [5.74, 6) is 0.267. The first-order valence-electron chi connectivity index (χ1n) is 7.74. The molecule has 0 aliphatic heterocycles. The van der Waals surface area contributed by atoms with Gasteiger partial charge in [-0.15, -0.1) is 11.3 Å². The number of hydrogen-bond acceptors (Lipinski definition) is 5. The topological polar surface area (TPSA) is 79.5 Å². The summed E-state index contributed by atoms with van der Waals surface area (Å²) in [6.45, 7) is 2.91. The first-order valence-corrected chi connectivity index (χ1v) is 8.62. The summed E-state index contributed by atoms with van der Waals surface area (Å²) in [6.07, 6.45) is 0.749. The number of nitrogens with one attached hydrogen (secondary N) is 3. The van der Waals surface area contributed by atoms with Crippen LogP contribution >= 0.6 is 11.3 Å². The molecule has 0 aliphatic carbocycles. The molecule has 0 saturated carbocycles. The van der Waals surface area contributed by atoms with Gasteiger partial charge in [0.2, 0.25) is 5.91 Å². The number of anilines is 1. The van der Waals surface area contributed by atoms with Gasteiger partial charge in [-0.3, -0.25) is 10.1 Å². The molecule has 3 N–H and O–H groups in total. The van der Waals surface area contributed by atoms with Crippen LogP contribution in [0, 0.1) is 0 Å². The smallest absolute Gasteiger partial charge is 0.321 e. The van der Waals surface area contributed by atoms with E-state index in [9.17, 15) is 9.59 Å². The summed E-state index contributed by atoms with van der Waals surface area (Å²) < 4.78 is 5.47. The van der Waals surface area contributed by atoms with Gasteiger partial charge in [0.15, 0.2) is 0 Å². The fourth-order valence-corrected chi connectivity index (χ4v) is 2.75. The van der Waals surface area contributed by atoms with Gasteiger partial charge in [0.1, 0.15) is 5.75 Å². The lowest BCUT2D eigenvalue weighted by Gasteiger charge is -2.12. The van der Waals surface area contributed by atoms with Crippen LogP contribution in [-0.2, 0) is 11.2 Å². The van der Waals surface area contributed by atoms with E-state index in [1.807, 2.05) is 48.7 Å². The molecule has 0 radical (unpaired) electrons. The molecular weight excluding hydrogens is 326 g/mol. The number of rotatable bonds is 8. The first-order chi connectivity index (χ1) is 11.7. The van der Waals surface area contributed by atoms with Crippen LogP contribution in [0.5, 0.6) is 5.75 Å². The fraction of sp³-hybridized carbons (Fsp3) is 0.294. The summed E-state index contributed by atoms with van der Waals surface area (Å²) in [5, 5.41) is 9.91. The molecule has 2 aromatic rings. The Balaban J connectivity index is 1.70. The van der Waals surface area contributed by atoms with E-state index in [1.54, 1.807) is 11.3 Å². The molecule has 1 aromatic heterocycles. The Labute approximate surface area is 145 Å². The third-order valence-electron chi connectivity index (χ3n) is 3.12. The quantitative estimate of drug-likeness (QED) is 0.686. The lowest BCUT2D eigenvalue weighted by atomic mass is 10.3. The summed E-state index contributed by atoms with van der Waals surface area (Å²) in [5.41, 5.74) is 0.715. The number of carbonyl (C=O) groups excluding carboxylic acids is 2. The minimum absolute atomic E-state index is 0.0115. The molecule has 0 fully saturated rings. The Morgan fingerprint density at radius 3 is 2.75 bits per heavy atom. The summed E-state index contributed by atoms with van der Waals surface area (Å²) in [4.78, 5) is 24.7. The summed E-state index contributed by atoms with van der Waals surface area (Å²) >= 11 is 1.64. The maximum absolute atomic E-state index is 11.8. The van der Waals surface area contributed by atoms with Crippen molar-refractivity contribution in [1.82, 2.24) is 10.6 Å². The zero-order valence-electron chi connectivity index (χ0n) is 13.5. The van der Waals surface area contributed by atoms with Crippen LogP contribution in [-0.4, -0.2) is 31.6 Å². The van der Waals surface area contributed by atoms with E-state index in [2.05, 4.69) is 16.0 Å². The van der Waals surface area contributed by atoms with Crippen LogP contribution < -0.4 is 20.7 Å². The minimum Gasteiger partial charge on any atom is -0.492 e. The predicted octanol–water partition coefficient (Wildman–Crippen LogP) is 2.63. The van der Waals surface area contributed by atoms with Gasteiger partial charge in [0.05, 0.1) is 18.8 Å². The van der Waals surface area contributed by atoms with Crippen molar-refractivity contribution in [2.75, 3.05) is 25.0 Å². The van der Waals surface area contributed by atoms with Gasteiger partial charge in [-0.1, -0.05) is 18.2 Å². The number of ether oxygens (including phenoxy) is 1. The average molecular weight is 347 g/mol. The monoisotopic (exact) mass is 347 g/mol. The molecule has 24 heavy (non-hydrogen) atoms. The van der Waals surface area contributed by atoms with Crippen LogP contribution in [0.4, 0.5) is 10.5 Å². The van der Waals surface area contributed by atoms with Crippen molar-refractivity contribution in [2.45, 2.75) is 13.3 Å². The molecule has 0 spiro atoms. The maximum atomic E-state index is 11.8. The first kappa shape index (κ1) is 17.8. The number of imide groups is 1. The fourth-order valence-electron chi connectivity index (χ4n) is 2.04. The van der Waals surface area contributed by atoms with E-state index in [0.717, 1.165) is 6.42 Å². The van der Waals surface area contributed by atoms with Crippen molar-refractivity contribution >= 4 is 29.0 Å². The SMILES string of the molecule is CCOc1ccccc1NCC(=O)NC(=O)NCCc1cccs1. The maximum Gasteiger partial charge on any atom is 0.321 e. The van der Waals surface area contributed by atoms with Crippen LogP contribution in [0.15, 0.2) is 41.8 Å². The highest BCUT2D eigenvalue weighted by Gasteiger charge is 2.08. The van der Waals surface area contributed by atoms with Gasteiger partial charge in [0, 0.05) is 11.4 Å².